The maximum atomic E-state index is 13.2. The van der Waals surface area contributed by atoms with Crippen molar-refractivity contribution in [3.8, 4) is 11.5 Å². The van der Waals surface area contributed by atoms with Crippen molar-refractivity contribution in [2.45, 2.75) is 51.0 Å². The monoisotopic (exact) mass is 504 g/mol. The number of aromatic nitrogens is 4. The summed E-state index contributed by atoms with van der Waals surface area (Å²) in [5, 5.41) is 8.47. The molecule has 0 saturated carbocycles. The third-order valence-electron chi connectivity index (χ3n) is 5.15. The van der Waals surface area contributed by atoms with Gasteiger partial charge in [0.2, 0.25) is 5.82 Å². The Hall–Kier alpha value is -2.98. The van der Waals surface area contributed by atoms with Gasteiger partial charge in [-0.1, -0.05) is 44.5 Å². The molecule has 2 heterocycles. The molecule has 0 aliphatic carbocycles. The van der Waals surface area contributed by atoms with Crippen molar-refractivity contribution >= 4 is 33.2 Å². The molecular weight excluding hydrogens is 476 g/mol. The van der Waals surface area contributed by atoms with Gasteiger partial charge in [0.15, 0.2) is 5.82 Å². The van der Waals surface area contributed by atoms with E-state index in [2.05, 4.69) is 40.7 Å². The van der Waals surface area contributed by atoms with Crippen molar-refractivity contribution in [1.29, 1.82) is 0 Å². The minimum absolute atomic E-state index is 0.0974. The summed E-state index contributed by atoms with van der Waals surface area (Å²) in [5.74, 6) is 0.0402. The van der Waals surface area contributed by atoms with Crippen molar-refractivity contribution in [3.05, 3.63) is 52.9 Å². The number of benzene rings is 1. The normalized spacial score (nSPS) is 12.1. The zero-order chi connectivity index (χ0) is 25.4. The number of carbonyl (C=O) groups is 1. The van der Waals surface area contributed by atoms with Crippen LogP contribution < -0.4 is 4.72 Å². The second kappa shape index (κ2) is 9.34. The van der Waals surface area contributed by atoms with Crippen LogP contribution in [0.1, 0.15) is 56.8 Å². The quantitative estimate of drug-likeness (QED) is 0.533. The van der Waals surface area contributed by atoms with E-state index < -0.39 is 10.0 Å². The van der Waals surface area contributed by atoms with E-state index >= 15 is 0 Å². The highest BCUT2D eigenvalue weighted by Gasteiger charge is 2.27. The molecule has 34 heavy (non-hydrogen) atoms. The first-order valence-corrected chi connectivity index (χ1v) is 12.5. The van der Waals surface area contributed by atoms with Gasteiger partial charge in [0.25, 0.3) is 15.9 Å². The summed E-state index contributed by atoms with van der Waals surface area (Å²) in [6.45, 7) is 9.90. The molecule has 0 unspecified atom stereocenters. The molecule has 182 valence electrons. The van der Waals surface area contributed by atoms with Crippen molar-refractivity contribution in [2.75, 3.05) is 18.8 Å². The zero-order valence-corrected chi connectivity index (χ0v) is 21.9. The van der Waals surface area contributed by atoms with E-state index in [1.807, 2.05) is 13.8 Å². The van der Waals surface area contributed by atoms with Gasteiger partial charge in [0, 0.05) is 26.3 Å². The number of amides is 1. The third kappa shape index (κ3) is 5.23. The maximum absolute atomic E-state index is 13.2. The van der Waals surface area contributed by atoms with E-state index in [1.54, 1.807) is 42.9 Å². The summed E-state index contributed by atoms with van der Waals surface area (Å²) in [6.07, 6.45) is 1.39. The smallest absolute Gasteiger partial charge is 0.291 e. The van der Waals surface area contributed by atoms with Crippen LogP contribution in [0, 0.1) is 0 Å². The fourth-order valence-corrected chi connectivity index (χ4v) is 4.54. The number of sulfonamides is 1. The number of rotatable bonds is 6. The predicted molar refractivity (Wildman–Crippen MR) is 133 cm³/mol. The van der Waals surface area contributed by atoms with E-state index in [4.69, 9.17) is 11.6 Å². The minimum Gasteiger partial charge on any atom is -0.342 e. The first-order chi connectivity index (χ1) is 15.7. The van der Waals surface area contributed by atoms with E-state index in [0.29, 0.717) is 0 Å². The molecule has 3 rings (SSSR count). The molecule has 2 aromatic heterocycles. The lowest BCUT2D eigenvalue weighted by Gasteiger charge is -2.19. The highest BCUT2D eigenvalue weighted by molar-refractivity contribution is 7.92. The van der Waals surface area contributed by atoms with Gasteiger partial charge < -0.3 is 4.90 Å². The van der Waals surface area contributed by atoms with E-state index in [1.165, 1.54) is 17.2 Å². The molecule has 0 radical (unpaired) electrons. The molecule has 0 bridgehead atoms. The molecule has 0 atom stereocenters. The van der Waals surface area contributed by atoms with Crippen LogP contribution in [0.2, 0.25) is 5.02 Å². The van der Waals surface area contributed by atoms with Gasteiger partial charge >= 0.3 is 0 Å². The minimum atomic E-state index is -3.96. The fourth-order valence-electron chi connectivity index (χ4n) is 3.32. The lowest BCUT2D eigenvalue weighted by atomic mass is 9.87. The van der Waals surface area contributed by atoms with E-state index in [9.17, 15) is 13.2 Å². The van der Waals surface area contributed by atoms with Crippen molar-refractivity contribution < 1.29 is 13.2 Å². The molecule has 0 aliphatic heterocycles. The van der Waals surface area contributed by atoms with Crippen LogP contribution >= 0.6 is 11.6 Å². The number of nitrogens with one attached hydrogen (secondary N) is 1. The summed E-state index contributed by atoms with van der Waals surface area (Å²) < 4.78 is 30.6. The Morgan fingerprint density at radius 3 is 2.26 bits per heavy atom. The summed E-state index contributed by atoms with van der Waals surface area (Å²) in [4.78, 5) is 18.4. The van der Waals surface area contributed by atoms with Crippen LogP contribution in [0.15, 0.2) is 41.4 Å². The highest BCUT2D eigenvalue weighted by atomic mass is 35.5. The largest absolute Gasteiger partial charge is 0.342 e. The fraction of sp³-hybridized carbons (Fsp3) is 0.391. The van der Waals surface area contributed by atoms with Gasteiger partial charge in [-0.3, -0.25) is 14.1 Å². The molecule has 9 nitrogen and oxygen atoms in total. The zero-order valence-electron chi connectivity index (χ0n) is 20.3. The predicted octanol–water partition coefficient (Wildman–Crippen LogP) is 4.37. The van der Waals surface area contributed by atoms with Crippen LogP contribution in [-0.4, -0.2) is 53.1 Å². The lowest BCUT2D eigenvalue weighted by Crippen LogP contribution is -2.26. The van der Waals surface area contributed by atoms with Gasteiger partial charge in [-0.2, -0.15) is 0 Å². The number of carbonyl (C=O) groups excluding carboxylic acids is 1. The number of halogens is 1. The Balaban J connectivity index is 2.09. The molecule has 0 aliphatic rings. The van der Waals surface area contributed by atoms with Crippen LogP contribution in [0.5, 0.6) is 0 Å². The number of hydrogen-bond acceptors (Lipinski definition) is 6. The second-order valence-corrected chi connectivity index (χ2v) is 11.6. The Kier molecular flexibility index (Phi) is 7.05. The van der Waals surface area contributed by atoms with E-state index in [0.717, 1.165) is 5.56 Å². The Labute approximate surface area is 205 Å². The van der Waals surface area contributed by atoms with Gasteiger partial charge in [-0.05, 0) is 43.0 Å². The molecule has 11 heteroatoms. The van der Waals surface area contributed by atoms with Crippen LogP contribution in [-0.2, 0) is 15.4 Å². The van der Waals surface area contributed by atoms with Gasteiger partial charge in [-0.25, -0.2) is 13.4 Å². The first-order valence-electron chi connectivity index (χ1n) is 10.7. The summed E-state index contributed by atoms with van der Waals surface area (Å²) in [5.41, 5.74) is 1.24. The number of anilines is 1. The van der Waals surface area contributed by atoms with Crippen molar-refractivity contribution in [1.82, 2.24) is 24.6 Å². The van der Waals surface area contributed by atoms with Gasteiger partial charge in [0.1, 0.15) is 5.69 Å². The van der Waals surface area contributed by atoms with Crippen LogP contribution in [0.4, 0.5) is 5.69 Å². The second-order valence-electron chi connectivity index (χ2n) is 9.44. The standard InChI is InChI=1S/C23H29ClN6O3S/c1-14(2)30-20(26-27-21(30)22(31)29(6)7)19-18(12-16(24)13-25-19)28-34(32,33)17-10-8-15(9-11-17)23(3,4)5/h8-14,28H,1-7H3. The number of hydrogen-bond donors (Lipinski definition) is 1. The Bertz CT molecular complexity index is 1310. The molecule has 0 fully saturated rings. The number of nitrogens with zero attached hydrogens (tertiary/aromatic N) is 5. The van der Waals surface area contributed by atoms with Gasteiger partial charge in [-0.15, -0.1) is 10.2 Å². The molecule has 1 amide bonds. The van der Waals surface area contributed by atoms with Crippen molar-refractivity contribution in [3.63, 3.8) is 0 Å². The molecule has 3 aromatic rings. The molecule has 0 saturated heterocycles. The summed E-state index contributed by atoms with van der Waals surface area (Å²) in [6, 6.07) is 7.96. The number of pyridine rings is 1. The molecule has 1 aromatic carbocycles. The van der Waals surface area contributed by atoms with E-state index in [-0.39, 0.29) is 50.3 Å². The maximum Gasteiger partial charge on any atom is 0.291 e. The Morgan fingerprint density at radius 2 is 1.74 bits per heavy atom. The first kappa shape index (κ1) is 25.6. The molecule has 1 N–H and O–H groups in total. The third-order valence-corrected chi connectivity index (χ3v) is 6.74. The molecule has 0 spiro atoms. The highest BCUT2D eigenvalue weighted by Crippen LogP contribution is 2.32. The summed E-state index contributed by atoms with van der Waals surface area (Å²) in [7, 11) is -0.725. The van der Waals surface area contributed by atoms with Crippen LogP contribution in [0.25, 0.3) is 11.5 Å². The topological polar surface area (TPSA) is 110 Å². The Morgan fingerprint density at radius 1 is 1.12 bits per heavy atom. The average molecular weight is 505 g/mol. The molecular formula is C23H29ClN6O3S. The lowest BCUT2D eigenvalue weighted by molar-refractivity contribution is 0.0809. The van der Waals surface area contributed by atoms with Crippen LogP contribution in [0.3, 0.4) is 0 Å². The van der Waals surface area contributed by atoms with Crippen molar-refractivity contribution in [2.24, 2.45) is 0 Å². The summed E-state index contributed by atoms with van der Waals surface area (Å²) >= 11 is 6.15. The SMILES string of the molecule is CC(C)n1c(C(=O)N(C)C)nnc1-c1ncc(Cl)cc1NS(=O)(=O)c1ccc(C(C)(C)C)cc1. The van der Waals surface area contributed by atoms with Gasteiger partial charge in [0.05, 0.1) is 15.6 Å². The average Bonchev–Trinajstić information content (AvgIpc) is 3.17.